The number of hydrogen-bond donors (Lipinski definition) is 1. The molecular formula is C9H6IN3O3. The van der Waals surface area contributed by atoms with Crippen LogP contribution in [0.2, 0.25) is 0 Å². The molecule has 16 heavy (non-hydrogen) atoms. The number of carbonyl (C=O) groups excluding carboxylic acids is 1. The summed E-state index contributed by atoms with van der Waals surface area (Å²) in [7, 11) is 0. The normalized spacial score (nSPS) is 9.25. The number of non-ortho nitro benzene ring substituents is 1. The van der Waals surface area contributed by atoms with Gasteiger partial charge in [-0.3, -0.25) is 14.9 Å². The molecule has 0 fully saturated rings. The van der Waals surface area contributed by atoms with E-state index in [4.69, 9.17) is 5.26 Å². The van der Waals surface area contributed by atoms with Crippen molar-refractivity contribution in [2.45, 2.75) is 6.42 Å². The van der Waals surface area contributed by atoms with E-state index in [1.54, 1.807) is 6.07 Å². The molecule has 7 heteroatoms. The van der Waals surface area contributed by atoms with Crippen LogP contribution in [-0.2, 0) is 4.79 Å². The maximum atomic E-state index is 11.1. The molecule has 1 rings (SSSR count). The van der Waals surface area contributed by atoms with E-state index in [1.807, 2.05) is 22.6 Å². The quantitative estimate of drug-likeness (QED) is 0.521. The van der Waals surface area contributed by atoms with Crippen LogP contribution >= 0.6 is 22.6 Å². The smallest absolute Gasteiger partial charge is 0.271 e. The molecule has 1 aromatic rings. The number of nitriles is 1. The van der Waals surface area contributed by atoms with Crippen LogP contribution in [0.4, 0.5) is 11.4 Å². The van der Waals surface area contributed by atoms with E-state index < -0.39 is 10.8 Å². The van der Waals surface area contributed by atoms with Gasteiger partial charge in [0.05, 0.1) is 16.7 Å². The van der Waals surface area contributed by atoms with Crippen LogP contribution < -0.4 is 5.32 Å². The number of benzene rings is 1. The molecule has 0 unspecified atom stereocenters. The van der Waals surface area contributed by atoms with Crippen LogP contribution in [0.3, 0.4) is 0 Å². The Morgan fingerprint density at radius 3 is 2.88 bits per heavy atom. The molecule has 0 aliphatic carbocycles. The van der Waals surface area contributed by atoms with E-state index >= 15 is 0 Å². The standard InChI is InChI=1S/C9H6IN3O3/c10-7-2-1-6(13(15)16)5-8(7)12-9(14)3-4-11/h1-2,5H,3H2,(H,12,14). The van der Waals surface area contributed by atoms with Crippen molar-refractivity contribution in [3.05, 3.63) is 31.9 Å². The first kappa shape index (κ1) is 12.4. The van der Waals surface area contributed by atoms with E-state index in [0.717, 1.165) is 0 Å². The molecule has 0 aliphatic rings. The molecule has 1 aromatic carbocycles. The second kappa shape index (κ2) is 5.41. The van der Waals surface area contributed by atoms with Gasteiger partial charge in [0, 0.05) is 15.7 Å². The summed E-state index contributed by atoms with van der Waals surface area (Å²) in [5.41, 5.74) is 0.239. The molecule has 6 nitrogen and oxygen atoms in total. The molecule has 0 radical (unpaired) electrons. The Balaban J connectivity index is 2.95. The second-order valence-electron chi connectivity index (χ2n) is 2.80. The molecule has 1 N–H and O–H groups in total. The van der Waals surface area contributed by atoms with Crippen LogP contribution in [0.25, 0.3) is 0 Å². The molecule has 0 saturated carbocycles. The second-order valence-corrected chi connectivity index (χ2v) is 3.97. The zero-order chi connectivity index (χ0) is 12.1. The minimum absolute atomic E-state index is 0.104. The first-order valence-corrected chi connectivity index (χ1v) is 5.23. The summed E-state index contributed by atoms with van der Waals surface area (Å²) in [5.74, 6) is -0.485. The third-order valence-electron chi connectivity index (χ3n) is 1.67. The van der Waals surface area contributed by atoms with Crippen molar-refractivity contribution in [1.82, 2.24) is 0 Å². The van der Waals surface area contributed by atoms with Crippen LogP contribution in [0.5, 0.6) is 0 Å². The van der Waals surface area contributed by atoms with Crippen molar-refractivity contribution < 1.29 is 9.72 Å². The Labute approximate surface area is 105 Å². The lowest BCUT2D eigenvalue weighted by Crippen LogP contribution is -2.11. The van der Waals surface area contributed by atoms with Crippen molar-refractivity contribution in [2.75, 3.05) is 5.32 Å². The fraction of sp³-hybridized carbons (Fsp3) is 0.111. The monoisotopic (exact) mass is 331 g/mol. The number of amides is 1. The van der Waals surface area contributed by atoms with Gasteiger partial charge in [-0.05, 0) is 28.7 Å². The van der Waals surface area contributed by atoms with E-state index in [1.165, 1.54) is 18.2 Å². The molecule has 0 aliphatic heterocycles. The molecule has 0 heterocycles. The van der Waals surface area contributed by atoms with Crippen LogP contribution in [0, 0.1) is 25.0 Å². The predicted octanol–water partition coefficient (Wildman–Crippen LogP) is 2.05. The van der Waals surface area contributed by atoms with Gasteiger partial charge in [-0.2, -0.15) is 5.26 Å². The number of nitro groups is 1. The Morgan fingerprint density at radius 2 is 2.31 bits per heavy atom. The molecule has 0 bridgehead atoms. The highest BCUT2D eigenvalue weighted by Gasteiger charge is 2.11. The highest BCUT2D eigenvalue weighted by Crippen LogP contribution is 2.23. The molecule has 82 valence electrons. The summed E-state index contributed by atoms with van der Waals surface area (Å²) < 4.78 is 0.675. The van der Waals surface area contributed by atoms with Gasteiger partial charge in [0.15, 0.2) is 0 Å². The van der Waals surface area contributed by atoms with Gasteiger partial charge in [-0.1, -0.05) is 0 Å². The Kier molecular flexibility index (Phi) is 4.19. The first-order chi connectivity index (χ1) is 7.54. The molecule has 0 saturated heterocycles. The minimum Gasteiger partial charge on any atom is -0.324 e. The van der Waals surface area contributed by atoms with Crippen LogP contribution in [0.15, 0.2) is 18.2 Å². The van der Waals surface area contributed by atoms with Crippen molar-refractivity contribution in [3.63, 3.8) is 0 Å². The van der Waals surface area contributed by atoms with Crippen LogP contribution in [-0.4, -0.2) is 10.8 Å². The summed E-state index contributed by atoms with van der Waals surface area (Å²) in [6, 6.07) is 5.83. The molecular weight excluding hydrogens is 325 g/mol. The molecule has 0 aromatic heterocycles. The maximum Gasteiger partial charge on any atom is 0.271 e. The Bertz CT molecular complexity index is 481. The van der Waals surface area contributed by atoms with Crippen molar-refractivity contribution in [2.24, 2.45) is 0 Å². The fourth-order valence-corrected chi connectivity index (χ4v) is 1.46. The lowest BCUT2D eigenvalue weighted by molar-refractivity contribution is -0.384. The Hall–Kier alpha value is -1.69. The number of nitrogens with zero attached hydrogens (tertiary/aromatic N) is 2. The van der Waals surface area contributed by atoms with E-state index in [2.05, 4.69) is 5.32 Å². The van der Waals surface area contributed by atoms with E-state index in [-0.39, 0.29) is 12.1 Å². The van der Waals surface area contributed by atoms with Gasteiger partial charge in [0.25, 0.3) is 5.69 Å². The fourth-order valence-electron chi connectivity index (χ4n) is 0.989. The third kappa shape index (κ3) is 3.16. The molecule has 0 atom stereocenters. The van der Waals surface area contributed by atoms with Crippen molar-refractivity contribution in [1.29, 1.82) is 5.26 Å². The SMILES string of the molecule is N#CCC(=O)Nc1cc([N+](=O)[O-])ccc1I. The van der Waals surface area contributed by atoms with E-state index in [9.17, 15) is 14.9 Å². The number of nitro benzene ring substituents is 1. The summed E-state index contributed by atoms with van der Waals surface area (Å²) in [4.78, 5) is 21.1. The van der Waals surface area contributed by atoms with Gasteiger partial charge >= 0.3 is 0 Å². The lowest BCUT2D eigenvalue weighted by Gasteiger charge is -2.04. The lowest BCUT2D eigenvalue weighted by atomic mass is 10.2. The largest absolute Gasteiger partial charge is 0.324 e. The van der Waals surface area contributed by atoms with E-state index in [0.29, 0.717) is 9.26 Å². The van der Waals surface area contributed by atoms with Gasteiger partial charge in [0.2, 0.25) is 5.91 Å². The topological polar surface area (TPSA) is 96.0 Å². The number of anilines is 1. The number of rotatable bonds is 3. The predicted molar refractivity (Wildman–Crippen MR) is 64.7 cm³/mol. The van der Waals surface area contributed by atoms with Crippen LogP contribution in [0.1, 0.15) is 6.42 Å². The van der Waals surface area contributed by atoms with Gasteiger partial charge in [0.1, 0.15) is 6.42 Å². The highest BCUT2D eigenvalue weighted by molar-refractivity contribution is 14.1. The minimum atomic E-state index is -0.546. The number of hydrogen-bond acceptors (Lipinski definition) is 4. The van der Waals surface area contributed by atoms with Gasteiger partial charge in [-0.15, -0.1) is 0 Å². The summed E-state index contributed by atoms with van der Waals surface area (Å²) in [5, 5.41) is 21.3. The van der Waals surface area contributed by atoms with Crippen molar-refractivity contribution in [3.8, 4) is 6.07 Å². The number of nitrogens with one attached hydrogen (secondary N) is 1. The van der Waals surface area contributed by atoms with Crippen molar-refractivity contribution >= 4 is 39.9 Å². The summed E-state index contributed by atoms with van der Waals surface area (Å²) in [6.45, 7) is 0. The zero-order valence-electron chi connectivity index (χ0n) is 7.94. The van der Waals surface area contributed by atoms with Gasteiger partial charge in [-0.25, -0.2) is 0 Å². The Morgan fingerprint density at radius 1 is 1.62 bits per heavy atom. The average Bonchev–Trinajstić information content (AvgIpc) is 2.21. The van der Waals surface area contributed by atoms with Gasteiger partial charge < -0.3 is 5.32 Å². The molecule has 0 spiro atoms. The average molecular weight is 331 g/mol. The number of halogens is 1. The highest BCUT2D eigenvalue weighted by atomic mass is 127. The zero-order valence-corrected chi connectivity index (χ0v) is 10.1. The summed E-state index contributed by atoms with van der Waals surface area (Å²) >= 11 is 1.94. The maximum absolute atomic E-state index is 11.1. The summed E-state index contributed by atoms with van der Waals surface area (Å²) in [6.07, 6.45) is -0.279. The third-order valence-corrected chi connectivity index (χ3v) is 2.62. The number of carbonyl (C=O) groups is 1. The first-order valence-electron chi connectivity index (χ1n) is 4.15. The molecule has 1 amide bonds.